The van der Waals surface area contributed by atoms with Crippen LogP contribution in [-0.4, -0.2) is 60.2 Å². The molecule has 2 aromatic rings. The van der Waals surface area contributed by atoms with Gasteiger partial charge in [-0.3, -0.25) is 14.3 Å². The van der Waals surface area contributed by atoms with Gasteiger partial charge in [0.2, 0.25) is 5.91 Å². The van der Waals surface area contributed by atoms with Crippen LogP contribution in [-0.2, 0) is 4.79 Å². The number of carbonyl (C=O) groups excluding carboxylic acids is 2. The maximum atomic E-state index is 12.4. The van der Waals surface area contributed by atoms with Gasteiger partial charge < -0.3 is 20.9 Å². The molecule has 0 aliphatic carbocycles. The first-order valence-corrected chi connectivity index (χ1v) is 9.13. The zero-order valence-corrected chi connectivity index (χ0v) is 17.0. The van der Waals surface area contributed by atoms with E-state index < -0.39 is 0 Å². The highest BCUT2D eigenvalue weighted by Gasteiger charge is 2.17. The molecule has 3 rings (SSSR count). The summed E-state index contributed by atoms with van der Waals surface area (Å²) >= 11 is 0. The van der Waals surface area contributed by atoms with E-state index in [0.717, 1.165) is 25.9 Å². The number of nitrogens with one attached hydrogen (secondary N) is 3. The lowest BCUT2D eigenvalue weighted by atomic mass is 10.1. The van der Waals surface area contributed by atoms with Crippen LogP contribution >= 0.6 is 12.4 Å². The fraction of sp³-hybridized carbons (Fsp3) is 0.421. The van der Waals surface area contributed by atoms with Gasteiger partial charge in [0, 0.05) is 24.1 Å². The molecule has 2 heterocycles. The number of rotatable bonds is 6. The fourth-order valence-electron chi connectivity index (χ4n) is 3.04. The molecule has 152 valence electrons. The zero-order chi connectivity index (χ0) is 19.2. The molecule has 28 heavy (non-hydrogen) atoms. The Kier molecular flexibility index (Phi) is 7.98. The van der Waals surface area contributed by atoms with E-state index in [1.54, 1.807) is 35.2 Å². The van der Waals surface area contributed by atoms with Crippen molar-refractivity contribution in [2.24, 2.45) is 0 Å². The summed E-state index contributed by atoms with van der Waals surface area (Å²) in [4.78, 5) is 26.0. The number of piperidine rings is 1. The summed E-state index contributed by atoms with van der Waals surface area (Å²) in [6, 6.07) is 9.06. The average Bonchev–Trinajstić information content (AvgIpc) is 3.14. The molecule has 1 saturated heterocycles. The predicted molar refractivity (Wildman–Crippen MR) is 112 cm³/mol. The van der Waals surface area contributed by atoms with Gasteiger partial charge in [-0.25, -0.2) is 0 Å². The second-order valence-corrected chi connectivity index (χ2v) is 7.00. The minimum atomic E-state index is -0.248. The summed E-state index contributed by atoms with van der Waals surface area (Å²) in [7, 11) is 3.68. The van der Waals surface area contributed by atoms with Crippen LogP contribution in [0.2, 0.25) is 0 Å². The van der Waals surface area contributed by atoms with Crippen molar-refractivity contribution in [3.8, 4) is 0 Å². The molecule has 1 aliphatic rings. The topological polar surface area (TPSA) is 91.3 Å². The number of carbonyl (C=O) groups is 2. The van der Waals surface area contributed by atoms with Crippen molar-refractivity contribution >= 4 is 35.6 Å². The molecule has 8 nitrogen and oxygen atoms in total. The van der Waals surface area contributed by atoms with Crippen LogP contribution in [0.1, 0.15) is 29.4 Å². The third-order valence-corrected chi connectivity index (χ3v) is 4.37. The SMILES string of the molecule is CN(C)CC(=O)Nc1ccc(NC(=O)c2ccn(C3CCCNC3)n2)cc1.Cl. The smallest absolute Gasteiger partial charge is 0.276 e. The highest BCUT2D eigenvalue weighted by Crippen LogP contribution is 2.17. The van der Waals surface area contributed by atoms with Gasteiger partial charge >= 0.3 is 0 Å². The lowest BCUT2D eigenvalue weighted by Gasteiger charge is -2.22. The first-order valence-electron chi connectivity index (χ1n) is 9.13. The number of hydrogen-bond donors (Lipinski definition) is 3. The predicted octanol–water partition coefficient (Wildman–Crippen LogP) is 1.98. The van der Waals surface area contributed by atoms with Crippen molar-refractivity contribution in [2.45, 2.75) is 18.9 Å². The van der Waals surface area contributed by atoms with Gasteiger partial charge in [-0.05, 0) is 63.8 Å². The molecule has 0 saturated carbocycles. The van der Waals surface area contributed by atoms with Gasteiger partial charge in [0.15, 0.2) is 5.69 Å². The Morgan fingerprint density at radius 1 is 1.18 bits per heavy atom. The third-order valence-electron chi connectivity index (χ3n) is 4.37. The van der Waals surface area contributed by atoms with Crippen LogP contribution in [0.25, 0.3) is 0 Å². The number of likely N-dealkylation sites (N-methyl/N-ethyl adjacent to an activating group) is 1. The molecular weight excluding hydrogens is 380 g/mol. The lowest BCUT2D eigenvalue weighted by molar-refractivity contribution is -0.116. The van der Waals surface area contributed by atoms with Crippen LogP contribution in [0.5, 0.6) is 0 Å². The second-order valence-electron chi connectivity index (χ2n) is 7.00. The van der Waals surface area contributed by atoms with Gasteiger partial charge in [-0.2, -0.15) is 5.10 Å². The Morgan fingerprint density at radius 2 is 1.86 bits per heavy atom. The third kappa shape index (κ3) is 6.05. The second kappa shape index (κ2) is 10.2. The van der Waals surface area contributed by atoms with Crippen molar-refractivity contribution in [3.05, 3.63) is 42.2 Å². The van der Waals surface area contributed by atoms with E-state index in [9.17, 15) is 9.59 Å². The minimum absolute atomic E-state index is 0. The summed E-state index contributed by atoms with van der Waals surface area (Å²) in [5, 5.41) is 13.4. The average molecular weight is 407 g/mol. The summed E-state index contributed by atoms with van der Waals surface area (Å²) in [5.74, 6) is -0.332. The maximum Gasteiger partial charge on any atom is 0.276 e. The lowest BCUT2D eigenvalue weighted by Crippen LogP contribution is -2.32. The van der Waals surface area contributed by atoms with E-state index in [4.69, 9.17) is 0 Å². The van der Waals surface area contributed by atoms with E-state index in [-0.39, 0.29) is 24.2 Å². The molecule has 0 radical (unpaired) electrons. The van der Waals surface area contributed by atoms with Crippen LogP contribution in [0.3, 0.4) is 0 Å². The van der Waals surface area contributed by atoms with E-state index in [1.807, 2.05) is 25.0 Å². The summed E-state index contributed by atoms with van der Waals surface area (Å²) in [6.07, 6.45) is 4.04. The molecule has 0 bridgehead atoms. The van der Waals surface area contributed by atoms with Crippen molar-refractivity contribution in [3.63, 3.8) is 0 Å². The summed E-state index contributed by atoms with van der Waals surface area (Å²) < 4.78 is 1.87. The van der Waals surface area contributed by atoms with Crippen molar-refractivity contribution in [1.29, 1.82) is 0 Å². The monoisotopic (exact) mass is 406 g/mol. The Hall–Kier alpha value is -2.42. The van der Waals surface area contributed by atoms with Crippen LogP contribution in [0.15, 0.2) is 36.5 Å². The zero-order valence-electron chi connectivity index (χ0n) is 16.1. The van der Waals surface area contributed by atoms with Crippen LogP contribution in [0.4, 0.5) is 11.4 Å². The maximum absolute atomic E-state index is 12.4. The number of hydrogen-bond acceptors (Lipinski definition) is 5. The largest absolute Gasteiger partial charge is 0.325 e. The molecule has 1 unspecified atom stereocenters. The quantitative estimate of drug-likeness (QED) is 0.682. The minimum Gasteiger partial charge on any atom is -0.325 e. The molecule has 1 atom stereocenters. The molecule has 0 spiro atoms. The number of halogens is 1. The van der Waals surface area contributed by atoms with Gasteiger partial charge in [0.05, 0.1) is 12.6 Å². The number of aromatic nitrogens is 2. The Morgan fingerprint density at radius 3 is 2.46 bits per heavy atom. The van der Waals surface area contributed by atoms with Gasteiger partial charge in [0.1, 0.15) is 0 Å². The van der Waals surface area contributed by atoms with Crippen LogP contribution in [0, 0.1) is 0 Å². The Labute approximate surface area is 171 Å². The van der Waals surface area contributed by atoms with Crippen LogP contribution < -0.4 is 16.0 Å². The van der Waals surface area contributed by atoms with Gasteiger partial charge in [-0.1, -0.05) is 0 Å². The number of anilines is 2. The highest BCUT2D eigenvalue weighted by molar-refractivity contribution is 6.03. The Balaban J connectivity index is 0.00000280. The molecule has 1 fully saturated rings. The molecule has 2 amide bonds. The molecule has 1 aromatic carbocycles. The molecule has 9 heteroatoms. The number of nitrogens with zero attached hydrogens (tertiary/aromatic N) is 3. The fourth-order valence-corrected chi connectivity index (χ4v) is 3.04. The number of amides is 2. The standard InChI is InChI=1S/C19H26N6O2.ClH/c1-24(2)13-18(26)21-14-5-7-15(8-6-14)22-19(27)17-9-11-25(23-17)16-4-3-10-20-12-16;/h5-9,11,16,20H,3-4,10,12-13H2,1-2H3,(H,21,26)(H,22,27);1H. The van der Waals surface area contributed by atoms with Crippen molar-refractivity contribution in [1.82, 2.24) is 20.0 Å². The van der Waals surface area contributed by atoms with Gasteiger partial charge in [0.25, 0.3) is 5.91 Å². The van der Waals surface area contributed by atoms with Crippen molar-refractivity contribution < 1.29 is 9.59 Å². The van der Waals surface area contributed by atoms with Crippen molar-refractivity contribution in [2.75, 3.05) is 44.4 Å². The van der Waals surface area contributed by atoms with Gasteiger partial charge in [-0.15, -0.1) is 12.4 Å². The number of benzene rings is 1. The molecular formula is C19H27ClN6O2. The first-order chi connectivity index (χ1) is 13.0. The van der Waals surface area contributed by atoms with E-state index in [1.165, 1.54) is 0 Å². The summed E-state index contributed by atoms with van der Waals surface area (Å²) in [6.45, 7) is 2.23. The molecule has 1 aromatic heterocycles. The molecule has 1 aliphatic heterocycles. The van der Waals surface area contributed by atoms with E-state index in [0.29, 0.717) is 29.7 Å². The normalized spacial score (nSPS) is 16.3. The highest BCUT2D eigenvalue weighted by atomic mass is 35.5. The molecule has 3 N–H and O–H groups in total. The Bertz CT molecular complexity index is 784. The summed E-state index contributed by atoms with van der Waals surface area (Å²) in [5.41, 5.74) is 1.73. The first kappa shape index (κ1) is 21.9. The van der Waals surface area contributed by atoms with E-state index >= 15 is 0 Å². The van der Waals surface area contributed by atoms with E-state index in [2.05, 4.69) is 21.0 Å².